The third-order valence-corrected chi connectivity index (χ3v) is 8.66. The minimum absolute atomic E-state index is 0.0238. The molecule has 2 aromatic carbocycles. The average molecular weight is 580 g/mol. The van der Waals surface area contributed by atoms with Crippen LogP contribution in [0.25, 0.3) is 0 Å². The van der Waals surface area contributed by atoms with Crippen LogP contribution in [0.15, 0.2) is 42.5 Å². The first-order valence-electron chi connectivity index (χ1n) is 14.6. The van der Waals surface area contributed by atoms with Crippen LogP contribution in [0.1, 0.15) is 60.9 Å². The minimum Gasteiger partial charge on any atom is -0.507 e. The fourth-order valence-electron chi connectivity index (χ4n) is 6.17. The highest BCUT2D eigenvalue weighted by atomic mass is 19.4. The third kappa shape index (κ3) is 8.58. The van der Waals surface area contributed by atoms with Crippen LogP contribution in [-0.2, 0) is 10.9 Å². The van der Waals surface area contributed by atoms with Crippen molar-refractivity contribution >= 4 is 11.6 Å². The molecule has 0 radical (unpaired) electrons. The standard InChI is InChI=1S/C31H41F4N3O3/c1-41-29(7-4-15-36-30(40)25-5-2-3-6-28(25)39)23-10-8-22(9-11-23)14-16-37-17-19-38(20-18-37)27-21-24(31(33,34)35)12-13-26(27)32/h2-3,5-6,12-13,21-23,29,39H,4,7-11,14-20H2,1H3,(H,36,40). The molecule has 1 aliphatic heterocycles. The number of hydrogen-bond acceptors (Lipinski definition) is 5. The normalized spacial score (nSPS) is 21.0. The van der Waals surface area contributed by atoms with Crippen molar-refractivity contribution in [2.75, 3.05) is 51.3 Å². The molecule has 2 N–H and O–H groups in total. The summed E-state index contributed by atoms with van der Waals surface area (Å²) in [6, 6.07) is 9.12. The van der Waals surface area contributed by atoms with Gasteiger partial charge in [-0.2, -0.15) is 13.2 Å². The summed E-state index contributed by atoms with van der Waals surface area (Å²) in [4.78, 5) is 16.3. The number of benzene rings is 2. The number of alkyl halides is 3. The number of phenolic OH excluding ortho intramolecular Hbond substituents is 1. The molecule has 1 saturated heterocycles. The van der Waals surface area contributed by atoms with Gasteiger partial charge in [-0.1, -0.05) is 25.0 Å². The van der Waals surface area contributed by atoms with Crippen molar-refractivity contribution < 1.29 is 32.2 Å². The first-order valence-corrected chi connectivity index (χ1v) is 14.6. The number of carbonyl (C=O) groups excluding carboxylic acids is 1. The number of amides is 1. The molecule has 226 valence electrons. The lowest BCUT2D eigenvalue weighted by molar-refractivity contribution is -0.137. The maximum Gasteiger partial charge on any atom is 0.416 e. The summed E-state index contributed by atoms with van der Waals surface area (Å²) in [5.41, 5.74) is -0.511. The van der Waals surface area contributed by atoms with Crippen molar-refractivity contribution in [3.05, 3.63) is 59.4 Å². The van der Waals surface area contributed by atoms with Gasteiger partial charge in [0, 0.05) is 39.8 Å². The molecule has 6 nitrogen and oxygen atoms in total. The lowest BCUT2D eigenvalue weighted by Gasteiger charge is -2.38. The van der Waals surface area contributed by atoms with E-state index in [-0.39, 0.29) is 29.0 Å². The van der Waals surface area contributed by atoms with Crippen molar-refractivity contribution in [3.63, 3.8) is 0 Å². The van der Waals surface area contributed by atoms with E-state index in [1.807, 2.05) is 0 Å². The number of anilines is 1. The Morgan fingerprint density at radius 2 is 1.78 bits per heavy atom. The van der Waals surface area contributed by atoms with Crippen molar-refractivity contribution in [1.29, 1.82) is 0 Å². The van der Waals surface area contributed by atoms with Crippen LogP contribution in [0.3, 0.4) is 0 Å². The van der Waals surface area contributed by atoms with Gasteiger partial charge < -0.3 is 20.1 Å². The zero-order chi connectivity index (χ0) is 29.4. The van der Waals surface area contributed by atoms with Crippen LogP contribution >= 0.6 is 0 Å². The van der Waals surface area contributed by atoms with E-state index in [9.17, 15) is 27.5 Å². The summed E-state index contributed by atoms with van der Waals surface area (Å²) in [6.45, 7) is 3.89. The number of carbonyl (C=O) groups is 1. The molecule has 1 unspecified atom stereocenters. The van der Waals surface area contributed by atoms with Gasteiger partial charge in [0.05, 0.1) is 22.9 Å². The molecular weight excluding hydrogens is 538 g/mol. The minimum atomic E-state index is -4.49. The molecular formula is C31H41F4N3O3. The Labute approximate surface area is 239 Å². The van der Waals surface area contributed by atoms with Crippen molar-refractivity contribution in [2.45, 2.75) is 57.2 Å². The number of halogens is 4. The molecule has 2 aromatic rings. The molecule has 4 rings (SSSR count). The van der Waals surface area contributed by atoms with E-state index in [0.717, 1.165) is 69.7 Å². The molecule has 0 aromatic heterocycles. The fraction of sp³-hybridized carbons (Fsp3) is 0.581. The highest BCUT2D eigenvalue weighted by Crippen LogP contribution is 2.36. The number of rotatable bonds is 11. The van der Waals surface area contributed by atoms with Crippen LogP contribution in [0.5, 0.6) is 5.75 Å². The Bertz CT molecular complexity index is 1130. The van der Waals surface area contributed by atoms with Gasteiger partial charge in [0.15, 0.2) is 0 Å². The van der Waals surface area contributed by atoms with E-state index in [0.29, 0.717) is 44.6 Å². The third-order valence-electron chi connectivity index (χ3n) is 8.66. The number of aromatic hydroxyl groups is 1. The largest absolute Gasteiger partial charge is 0.507 e. The number of hydrogen-bond donors (Lipinski definition) is 2. The summed E-state index contributed by atoms with van der Waals surface area (Å²) >= 11 is 0. The SMILES string of the molecule is COC(CCCNC(=O)c1ccccc1O)C1CCC(CCN2CCN(c3cc(C(F)(F)F)ccc3F)CC2)CC1. The monoisotopic (exact) mass is 579 g/mol. The second-order valence-corrected chi connectivity index (χ2v) is 11.3. The van der Waals surface area contributed by atoms with Crippen molar-refractivity contribution in [3.8, 4) is 5.75 Å². The smallest absolute Gasteiger partial charge is 0.416 e. The lowest BCUT2D eigenvalue weighted by Crippen LogP contribution is -2.47. The summed E-state index contributed by atoms with van der Waals surface area (Å²) in [5, 5.41) is 12.7. The second-order valence-electron chi connectivity index (χ2n) is 11.3. The molecule has 1 atom stereocenters. The molecule has 1 heterocycles. The fourth-order valence-corrected chi connectivity index (χ4v) is 6.17. The van der Waals surface area contributed by atoms with Crippen molar-refractivity contribution in [2.24, 2.45) is 11.8 Å². The van der Waals surface area contributed by atoms with E-state index < -0.39 is 17.6 Å². The molecule has 0 bridgehead atoms. The van der Waals surface area contributed by atoms with Crippen LogP contribution < -0.4 is 10.2 Å². The molecule has 1 aliphatic carbocycles. The topological polar surface area (TPSA) is 65.0 Å². The van der Waals surface area contributed by atoms with Gasteiger partial charge >= 0.3 is 6.18 Å². The number of para-hydroxylation sites is 1. The van der Waals surface area contributed by atoms with Gasteiger partial charge in [-0.3, -0.25) is 9.69 Å². The number of piperazine rings is 1. The number of methoxy groups -OCH3 is 1. The summed E-state index contributed by atoms with van der Waals surface area (Å²) in [7, 11) is 1.75. The highest BCUT2D eigenvalue weighted by Gasteiger charge is 2.32. The number of nitrogens with zero attached hydrogens (tertiary/aromatic N) is 2. The van der Waals surface area contributed by atoms with Gasteiger partial charge in [0.1, 0.15) is 11.6 Å². The molecule has 1 saturated carbocycles. The summed E-state index contributed by atoms with van der Waals surface area (Å²) in [5.74, 6) is 0.220. The Balaban J connectivity index is 1.13. The van der Waals surface area contributed by atoms with Gasteiger partial charge in [0.25, 0.3) is 5.91 Å². The number of ether oxygens (including phenoxy) is 1. The van der Waals surface area contributed by atoms with Gasteiger partial charge in [-0.15, -0.1) is 0 Å². The zero-order valence-electron chi connectivity index (χ0n) is 23.6. The van der Waals surface area contributed by atoms with E-state index in [1.54, 1.807) is 30.2 Å². The summed E-state index contributed by atoms with van der Waals surface area (Å²) < 4.78 is 59.3. The number of nitrogens with one attached hydrogen (secondary N) is 1. The van der Waals surface area contributed by atoms with E-state index >= 15 is 0 Å². The van der Waals surface area contributed by atoms with Gasteiger partial charge in [-0.25, -0.2) is 4.39 Å². The second kappa shape index (κ2) is 14.4. The molecule has 1 amide bonds. The molecule has 41 heavy (non-hydrogen) atoms. The molecule has 0 spiro atoms. The van der Waals surface area contributed by atoms with Crippen LogP contribution in [-0.4, -0.2) is 68.4 Å². The van der Waals surface area contributed by atoms with Gasteiger partial charge in [0.2, 0.25) is 0 Å². The Morgan fingerprint density at radius 3 is 2.44 bits per heavy atom. The molecule has 2 fully saturated rings. The van der Waals surface area contributed by atoms with Gasteiger partial charge in [-0.05, 0) is 80.8 Å². The van der Waals surface area contributed by atoms with E-state index in [2.05, 4.69) is 10.2 Å². The predicted octanol–water partition coefficient (Wildman–Crippen LogP) is 6.09. The molecule has 2 aliphatic rings. The van der Waals surface area contributed by atoms with E-state index in [1.165, 1.54) is 6.07 Å². The Hall–Kier alpha value is -2.85. The Morgan fingerprint density at radius 1 is 1.07 bits per heavy atom. The van der Waals surface area contributed by atoms with Crippen LogP contribution in [0, 0.1) is 17.7 Å². The summed E-state index contributed by atoms with van der Waals surface area (Å²) in [6.07, 6.45) is 2.92. The first-order chi connectivity index (χ1) is 19.7. The maximum atomic E-state index is 14.3. The van der Waals surface area contributed by atoms with Crippen LogP contribution in [0.4, 0.5) is 23.2 Å². The van der Waals surface area contributed by atoms with E-state index in [4.69, 9.17) is 4.74 Å². The molecule has 10 heteroatoms. The lowest BCUT2D eigenvalue weighted by atomic mass is 9.77. The predicted molar refractivity (Wildman–Crippen MR) is 151 cm³/mol. The average Bonchev–Trinajstić information content (AvgIpc) is 2.96. The zero-order valence-corrected chi connectivity index (χ0v) is 23.6. The quantitative estimate of drug-likeness (QED) is 0.249. The first kappa shape index (κ1) is 31.1. The van der Waals surface area contributed by atoms with Crippen LogP contribution in [0.2, 0.25) is 0 Å². The highest BCUT2D eigenvalue weighted by molar-refractivity contribution is 5.96. The Kier molecular flexibility index (Phi) is 10.9. The van der Waals surface area contributed by atoms with Crippen molar-refractivity contribution in [1.82, 2.24) is 10.2 Å². The number of phenols is 1. The maximum absolute atomic E-state index is 14.3.